The summed E-state index contributed by atoms with van der Waals surface area (Å²) in [6.07, 6.45) is 4.41. The lowest BCUT2D eigenvalue weighted by atomic mass is 10.1. The lowest BCUT2D eigenvalue weighted by molar-refractivity contribution is -0.138. The molecule has 3 heterocycles. The molecule has 3 N–H and O–H groups in total. The van der Waals surface area contributed by atoms with E-state index in [9.17, 15) is 18.0 Å². The molecule has 0 spiro atoms. The van der Waals surface area contributed by atoms with Crippen molar-refractivity contribution in [3.05, 3.63) is 30.1 Å². The quantitative estimate of drug-likeness (QED) is 0.688. The summed E-state index contributed by atoms with van der Waals surface area (Å²) in [5.41, 5.74) is 6.52. The van der Waals surface area contributed by atoms with Crippen LogP contribution in [0.4, 0.5) is 0 Å². The zero-order valence-corrected chi connectivity index (χ0v) is 15.5. The summed E-state index contributed by atoms with van der Waals surface area (Å²) in [4.78, 5) is 30.3. The smallest absolute Gasteiger partial charge is 0.241 e. The number of fused-ring (bicyclic) bond motifs is 1. The molecule has 26 heavy (non-hydrogen) atoms. The van der Waals surface area contributed by atoms with E-state index >= 15 is 0 Å². The van der Waals surface area contributed by atoms with Gasteiger partial charge in [-0.2, -0.15) is 0 Å². The molecule has 0 aromatic carbocycles. The standard InChI is InChI=1S/C17H24N4O4S/c1-2-4-12(18)17(23)21-15(7-13-16(21)14(22)9-20-13)26(24,25)10-11-5-3-6-19-8-11/h3,5-6,8,12-13,15-16,20H,2,4,7,9-10,18H2,1H3. The van der Waals surface area contributed by atoms with Gasteiger partial charge in [0.05, 0.1) is 18.3 Å². The molecule has 3 rings (SSSR count). The van der Waals surface area contributed by atoms with Crippen molar-refractivity contribution in [2.45, 2.75) is 55.4 Å². The summed E-state index contributed by atoms with van der Waals surface area (Å²) in [7, 11) is -3.70. The number of rotatable bonds is 6. The van der Waals surface area contributed by atoms with Crippen molar-refractivity contribution in [1.29, 1.82) is 0 Å². The van der Waals surface area contributed by atoms with Crippen molar-refractivity contribution in [2.24, 2.45) is 5.73 Å². The maximum Gasteiger partial charge on any atom is 0.241 e. The van der Waals surface area contributed by atoms with Crippen LogP contribution in [0, 0.1) is 0 Å². The minimum absolute atomic E-state index is 0.150. The fraction of sp³-hybridized carbons (Fsp3) is 0.588. The molecule has 2 aliphatic heterocycles. The number of hydrogen-bond acceptors (Lipinski definition) is 7. The number of carbonyl (C=O) groups excluding carboxylic acids is 2. The summed E-state index contributed by atoms with van der Waals surface area (Å²) >= 11 is 0. The third-order valence-electron chi connectivity index (χ3n) is 4.99. The van der Waals surface area contributed by atoms with Gasteiger partial charge in [-0.3, -0.25) is 14.6 Å². The fourth-order valence-corrected chi connectivity index (χ4v) is 5.69. The van der Waals surface area contributed by atoms with E-state index in [1.54, 1.807) is 18.3 Å². The molecule has 4 atom stereocenters. The van der Waals surface area contributed by atoms with E-state index in [4.69, 9.17) is 5.73 Å². The number of likely N-dealkylation sites (tertiary alicyclic amines) is 1. The molecule has 0 radical (unpaired) electrons. The largest absolute Gasteiger partial charge is 0.320 e. The Morgan fingerprint density at radius 3 is 2.92 bits per heavy atom. The van der Waals surface area contributed by atoms with Gasteiger partial charge in [-0.05, 0) is 18.1 Å². The van der Waals surface area contributed by atoms with Gasteiger partial charge in [0.2, 0.25) is 5.91 Å². The molecule has 0 bridgehead atoms. The molecule has 2 saturated heterocycles. The lowest BCUT2D eigenvalue weighted by Gasteiger charge is -2.30. The molecule has 4 unspecified atom stereocenters. The highest BCUT2D eigenvalue weighted by atomic mass is 32.2. The number of ketones is 1. The Balaban J connectivity index is 1.91. The molecular weight excluding hydrogens is 356 g/mol. The fourth-order valence-electron chi connectivity index (χ4n) is 3.78. The highest BCUT2D eigenvalue weighted by molar-refractivity contribution is 7.91. The van der Waals surface area contributed by atoms with Crippen molar-refractivity contribution in [3.63, 3.8) is 0 Å². The maximum absolute atomic E-state index is 13.0. The summed E-state index contributed by atoms with van der Waals surface area (Å²) in [6, 6.07) is 1.45. The molecule has 8 nitrogen and oxygen atoms in total. The Kier molecular flexibility index (Phi) is 5.40. The van der Waals surface area contributed by atoms with E-state index < -0.39 is 33.2 Å². The molecule has 2 fully saturated rings. The number of nitrogens with two attached hydrogens (primary N) is 1. The molecule has 1 aromatic heterocycles. The Labute approximate surface area is 153 Å². The van der Waals surface area contributed by atoms with Crippen LogP contribution in [-0.2, 0) is 25.2 Å². The minimum Gasteiger partial charge on any atom is -0.320 e. The van der Waals surface area contributed by atoms with Crippen molar-refractivity contribution < 1.29 is 18.0 Å². The van der Waals surface area contributed by atoms with E-state index in [-0.39, 0.29) is 30.5 Å². The number of aromatic nitrogens is 1. The first-order valence-corrected chi connectivity index (χ1v) is 10.5. The Hall–Kier alpha value is -1.84. The normalized spacial score (nSPS) is 26.8. The van der Waals surface area contributed by atoms with E-state index in [0.717, 1.165) is 0 Å². The van der Waals surface area contributed by atoms with E-state index in [2.05, 4.69) is 10.3 Å². The predicted octanol–water partition coefficient (Wildman–Crippen LogP) is -0.408. The SMILES string of the molecule is CCCC(N)C(=O)N1C2C(=O)CNC2CC1S(=O)(=O)Cc1cccnc1. The van der Waals surface area contributed by atoms with Gasteiger partial charge in [0, 0.05) is 24.9 Å². The first-order chi connectivity index (χ1) is 12.3. The first kappa shape index (κ1) is 18.9. The Morgan fingerprint density at radius 2 is 2.27 bits per heavy atom. The van der Waals surface area contributed by atoms with Crippen molar-refractivity contribution in [2.75, 3.05) is 6.54 Å². The molecule has 0 aliphatic carbocycles. The maximum atomic E-state index is 13.0. The number of Topliss-reactive ketones (excluding diaryl/α,β-unsaturated/α-hetero) is 1. The van der Waals surface area contributed by atoms with Crippen molar-refractivity contribution in [3.8, 4) is 0 Å². The van der Waals surface area contributed by atoms with Crippen LogP contribution in [0.2, 0.25) is 0 Å². The van der Waals surface area contributed by atoms with Crippen LogP contribution >= 0.6 is 0 Å². The van der Waals surface area contributed by atoms with Gasteiger partial charge >= 0.3 is 0 Å². The van der Waals surface area contributed by atoms with Crippen LogP contribution in [0.1, 0.15) is 31.7 Å². The van der Waals surface area contributed by atoms with Gasteiger partial charge in [-0.1, -0.05) is 19.4 Å². The molecule has 1 amide bonds. The molecule has 9 heteroatoms. The summed E-state index contributed by atoms with van der Waals surface area (Å²) in [5, 5.41) is 1.98. The number of nitrogens with one attached hydrogen (secondary N) is 1. The number of amides is 1. The monoisotopic (exact) mass is 380 g/mol. The topological polar surface area (TPSA) is 122 Å². The minimum atomic E-state index is -3.70. The molecule has 142 valence electrons. The lowest BCUT2D eigenvalue weighted by Crippen LogP contribution is -2.54. The molecule has 1 aromatic rings. The van der Waals surface area contributed by atoms with Crippen LogP contribution in [0.25, 0.3) is 0 Å². The van der Waals surface area contributed by atoms with Crippen LogP contribution in [0.5, 0.6) is 0 Å². The van der Waals surface area contributed by atoms with Crippen LogP contribution in [0.3, 0.4) is 0 Å². The number of pyridine rings is 1. The summed E-state index contributed by atoms with van der Waals surface area (Å²) in [5.74, 6) is -0.853. The molecule has 0 saturated carbocycles. The molecular formula is C17H24N4O4S. The van der Waals surface area contributed by atoms with Gasteiger partial charge in [0.1, 0.15) is 11.4 Å². The second-order valence-corrected chi connectivity index (χ2v) is 9.06. The van der Waals surface area contributed by atoms with Gasteiger partial charge in [0.15, 0.2) is 15.6 Å². The Bertz CT molecular complexity index is 783. The average Bonchev–Trinajstić information content (AvgIpc) is 3.15. The third kappa shape index (κ3) is 3.51. The first-order valence-electron chi connectivity index (χ1n) is 8.79. The van der Waals surface area contributed by atoms with Gasteiger partial charge in [-0.25, -0.2) is 8.42 Å². The number of carbonyl (C=O) groups is 2. The van der Waals surface area contributed by atoms with Crippen molar-refractivity contribution >= 4 is 21.5 Å². The summed E-state index contributed by atoms with van der Waals surface area (Å²) in [6.45, 7) is 2.05. The molecule has 2 aliphatic rings. The predicted molar refractivity (Wildman–Crippen MR) is 95.6 cm³/mol. The average molecular weight is 380 g/mol. The zero-order valence-electron chi connectivity index (χ0n) is 14.7. The van der Waals surface area contributed by atoms with Crippen LogP contribution < -0.4 is 11.1 Å². The van der Waals surface area contributed by atoms with Gasteiger partial charge in [0.25, 0.3) is 0 Å². The third-order valence-corrected chi connectivity index (χ3v) is 6.98. The summed E-state index contributed by atoms with van der Waals surface area (Å²) < 4.78 is 26.1. The highest BCUT2D eigenvalue weighted by Gasteiger charge is 2.54. The number of nitrogens with zero attached hydrogens (tertiary/aromatic N) is 2. The number of hydrogen-bond donors (Lipinski definition) is 2. The van der Waals surface area contributed by atoms with E-state index in [1.165, 1.54) is 11.1 Å². The van der Waals surface area contributed by atoms with Crippen molar-refractivity contribution in [1.82, 2.24) is 15.2 Å². The highest BCUT2D eigenvalue weighted by Crippen LogP contribution is 2.33. The van der Waals surface area contributed by atoms with Crippen LogP contribution in [0.15, 0.2) is 24.5 Å². The Morgan fingerprint density at radius 1 is 1.50 bits per heavy atom. The van der Waals surface area contributed by atoms with E-state index in [1.807, 2.05) is 6.92 Å². The zero-order chi connectivity index (χ0) is 18.9. The van der Waals surface area contributed by atoms with Gasteiger partial charge in [-0.15, -0.1) is 0 Å². The van der Waals surface area contributed by atoms with Crippen LogP contribution in [-0.4, -0.2) is 60.0 Å². The second kappa shape index (κ2) is 7.42. The number of sulfone groups is 1. The second-order valence-electron chi connectivity index (χ2n) is 6.90. The van der Waals surface area contributed by atoms with E-state index in [0.29, 0.717) is 18.4 Å². The van der Waals surface area contributed by atoms with Gasteiger partial charge < -0.3 is 16.0 Å².